The molecular weight excluding hydrogens is 346 g/mol. The van der Waals surface area contributed by atoms with Crippen molar-refractivity contribution in [1.29, 1.82) is 0 Å². The molecule has 0 aliphatic carbocycles. The van der Waals surface area contributed by atoms with Gasteiger partial charge >= 0.3 is 12.1 Å². The van der Waals surface area contributed by atoms with Crippen molar-refractivity contribution in [2.24, 2.45) is 0 Å². The fourth-order valence-electron chi connectivity index (χ4n) is 2.09. The van der Waals surface area contributed by atoms with Crippen LogP contribution in [0.2, 0.25) is 5.02 Å². The van der Waals surface area contributed by atoms with Crippen LogP contribution in [0.25, 0.3) is 0 Å². The second-order valence-electron chi connectivity index (χ2n) is 6.65. The lowest BCUT2D eigenvalue weighted by Crippen LogP contribution is -2.39. The lowest BCUT2D eigenvalue weighted by molar-refractivity contribution is -0.142. The van der Waals surface area contributed by atoms with Crippen LogP contribution in [0.15, 0.2) is 24.3 Å². The smallest absolute Gasteiger partial charge is 0.410 e. The number of carboxylic acids is 1. The Kier molecular flexibility index (Phi) is 8.72. The first-order chi connectivity index (χ1) is 11.7. The molecule has 140 valence electrons. The molecule has 0 radical (unpaired) electrons. The maximum absolute atomic E-state index is 12.4. The molecule has 0 spiro atoms. The van der Waals surface area contributed by atoms with E-state index in [1.54, 1.807) is 11.0 Å². The Morgan fingerprint density at radius 2 is 1.96 bits per heavy atom. The number of hydrogen-bond donors (Lipinski definition) is 1. The molecule has 1 aromatic carbocycles. The summed E-state index contributed by atoms with van der Waals surface area (Å²) in [5.41, 5.74) is 0.453. The fraction of sp³-hybridized carbons (Fsp3) is 0.556. The number of ether oxygens (including phenoxy) is 2. The summed E-state index contributed by atoms with van der Waals surface area (Å²) in [6.45, 7) is 6.28. The Hall–Kier alpha value is -1.79. The van der Waals surface area contributed by atoms with Crippen LogP contribution in [0.3, 0.4) is 0 Å². The molecule has 0 aliphatic heterocycles. The Bertz CT molecular complexity index is 571. The van der Waals surface area contributed by atoms with E-state index in [-0.39, 0.29) is 13.2 Å². The van der Waals surface area contributed by atoms with Crippen LogP contribution in [0.1, 0.15) is 32.8 Å². The summed E-state index contributed by atoms with van der Waals surface area (Å²) in [5.74, 6) is -1.01. The summed E-state index contributed by atoms with van der Waals surface area (Å²) in [7, 11) is 0. The van der Waals surface area contributed by atoms with E-state index in [0.29, 0.717) is 31.0 Å². The van der Waals surface area contributed by atoms with E-state index in [4.69, 9.17) is 26.2 Å². The second kappa shape index (κ2) is 10.3. The normalized spacial score (nSPS) is 11.2. The molecule has 0 aromatic heterocycles. The first kappa shape index (κ1) is 21.3. The highest BCUT2D eigenvalue weighted by Crippen LogP contribution is 2.14. The summed E-state index contributed by atoms with van der Waals surface area (Å²) < 4.78 is 10.4. The first-order valence-corrected chi connectivity index (χ1v) is 8.57. The first-order valence-electron chi connectivity index (χ1n) is 8.19. The number of halogens is 1. The van der Waals surface area contributed by atoms with Gasteiger partial charge in [0, 0.05) is 24.7 Å². The number of rotatable bonds is 9. The van der Waals surface area contributed by atoms with Crippen molar-refractivity contribution < 1.29 is 24.2 Å². The molecule has 0 unspecified atom stereocenters. The zero-order valence-electron chi connectivity index (χ0n) is 15.0. The van der Waals surface area contributed by atoms with E-state index < -0.39 is 17.7 Å². The third-order valence-electron chi connectivity index (χ3n) is 3.15. The standard InChI is InChI=1S/C18H26ClNO5/c1-18(2,3)25-17(23)20(9-5-11-24-13-16(21)22)10-8-14-6-4-7-15(19)12-14/h4,6-7,12H,5,8-11,13H2,1-3H3,(H,21,22). The van der Waals surface area contributed by atoms with Gasteiger partial charge in [0.25, 0.3) is 0 Å². The minimum absolute atomic E-state index is 0.267. The number of carbonyl (C=O) groups excluding carboxylic acids is 1. The van der Waals surface area contributed by atoms with Crippen LogP contribution in [0, 0.1) is 0 Å². The van der Waals surface area contributed by atoms with Gasteiger partial charge in [-0.3, -0.25) is 0 Å². The Balaban J connectivity index is 2.57. The number of carboxylic acid groups (broad SMARTS) is 1. The van der Waals surface area contributed by atoms with E-state index in [0.717, 1.165) is 5.56 Å². The second-order valence-corrected chi connectivity index (χ2v) is 7.08. The lowest BCUT2D eigenvalue weighted by Gasteiger charge is -2.27. The molecular formula is C18H26ClNO5. The average molecular weight is 372 g/mol. The minimum atomic E-state index is -1.01. The molecule has 6 nitrogen and oxygen atoms in total. The van der Waals surface area contributed by atoms with Crippen molar-refractivity contribution in [2.75, 3.05) is 26.3 Å². The zero-order chi connectivity index (χ0) is 18.9. The van der Waals surface area contributed by atoms with Crippen LogP contribution >= 0.6 is 11.6 Å². The van der Waals surface area contributed by atoms with Crippen molar-refractivity contribution >= 4 is 23.7 Å². The molecule has 25 heavy (non-hydrogen) atoms. The van der Waals surface area contributed by atoms with E-state index in [1.807, 2.05) is 39.0 Å². The molecule has 1 rings (SSSR count). The zero-order valence-corrected chi connectivity index (χ0v) is 15.7. The van der Waals surface area contributed by atoms with Crippen LogP contribution in [-0.4, -0.2) is 54.0 Å². The van der Waals surface area contributed by atoms with Gasteiger partial charge in [-0.05, 0) is 51.3 Å². The van der Waals surface area contributed by atoms with Gasteiger partial charge in [-0.2, -0.15) is 0 Å². The summed E-state index contributed by atoms with van der Waals surface area (Å²) in [6, 6.07) is 7.49. The van der Waals surface area contributed by atoms with E-state index in [2.05, 4.69) is 0 Å². The van der Waals surface area contributed by atoms with E-state index in [9.17, 15) is 9.59 Å². The van der Waals surface area contributed by atoms with Crippen molar-refractivity contribution in [3.05, 3.63) is 34.9 Å². The highest BCUT2D eigenvalue weighted by atomic mass is 35.5. The fourth-order valence-corrected chi connectivity index (χ4v) is 2.31. The van der Waals surface area contributed by atoms with Gasteiger partial charge in [0.05, 0.1) is 0 Å². The predicted molar refractivity (Wildman–Crippen MR) is 96.0 cm³/mol. The van der Waals surface area contributed by atoms with Crippen LogP contribution in [0.5, 0.6) is 0 Å². The molecule has 0 bridgehead atoms. The SMILES string of the molecule is CC(C)(C)OC(=O)N(CCCOCC(=O)O)CCc1cccc(Cl)c1. The van der Waals surface area contributed by atoms with Crippen molar-refractivity contribution in [2.45, 2.75) is 39.2 Å². The van der Waals surface area contributed by atoms with Gasteiger partial charge in [-0.25, -0.2) is 9.59 Å². The number of carbonyl (C=O) groups is 2. The Morgan fingerprint density at radius 3 is 2.56 bits per heavy atom. The average Bonchev–Trinajstić information content (AvgIpc) is 2.47. The minimum Gasteiger partial charge on any atom is -0.480 e. The molecule has 1 aromatic rings. The van der Waals surface area contributed by atoms with Gasteiger partial charge in [0.1, 0.15) is 12.2 Å². The topological polar surface area (TPSA) is 76.1 Å². The molecule has 1 amide bonds. The highest BCUT2D eigenvalue weighted by molar-refractivity contribution is 6.30. The van der Waals surface area contributed by atoms with Crippen LogP contribution in [0.4, 0.5) is 4.79 Å². The van der Waals surface area contributed by atoms with Gasteiger partial charge in [-0.1, -0.05) is 23.7 Å². The lowest BCUT2D eigenvalue weighted by atomic mass is 10.1. The molecule has 1 N–H and O–H groups in total. The van der Waals surface area contributed by atoms with Crippen molar-refractivity contribution in [3.8, 4) is 0 Å². The number of nitrogens with zero attached hydrogens (tertiary/aromatic N) is 1. The number of benzene rings is 1. The molecule has 0 aliphatic rings. The van der Waals surface area contributed by atoms with Gasteiger partial charge in [-0.15, -0.1) is 0 Å². The van der Waals surface area contributed by atoms with E-state index >= 15 is 0 Å². The third-order valence-corrected chi connectivity index (χ3v) is 3.39. The molecule has 0 fully saturated rings. The Morgan fingerprint density at radius 1 is 1.24 bits per heavy atom. The molecule has 0 saturated heterocycles. The van der Waals surface area contributed by atoms with Gasteiger partial charge in [0.2, 0.25) is 0 Å². The summed E-state index contributed by atoms with van der Waals surface area (Å²) in [5, 5.41) is 9.21. The van der Waals surface area contributed by atoms with Crippen LogP contribution < -0.4 is 0 Å². The maximum atomic E-state index is 12.4. The monoisotopic (exact) mass is 371 g/mol. The van der Waals surface area contributed by atoms with Crippen molar-refractivity contribution in [3.63, 3.8) is 0 Å². The largest absolute Gasteiger partial charge is 0.480 e. The summed E-state index contributed by atoms with van der Waals surface area (Å²) in [6.07, 6.45) is 0.783. The number of hydrogen-bond acceptors (Lipinski definition) is 4. The third kappa shape index (κ3) is 9.94. The number of amides is 1. The quantitative estimate of drug-likeness (QED) is 0.671. The highest BCUT2D eigenvalue weighted by Gasteiger charge is 2.21. The summed E-state index contributed by atoms with van der Waals surface area (Å²) >= 11 is 5.98. The van der Waals surface area contributed by atoms with Gasteiger partial charge < -0.3 is 19.5 Å². The predicted octanol–water partition coefficient (Wildman–Crippen LogP) is 3.61. The molecule has 0 heterocycles. The molecule has 0 atom stereocenters. The number of aliphatic carboxylic acids is 1. The molecule has 7 heteroatoms. The summed E-state index contributed by atoms with van der Waals surface area (Å²) in [4.78, 5) is 24.4. The Labute approximate surface area is 153 Å². The van der Waals surface area contributed by atoms with Crippen molar-refractivity contribution in [1.82, 2.24) is 4.90 Å². The maximum Gasteiger partial charge on any atom is 0.410 e. The van der Waals surface area contributed by atoms with E-state index in [1.165, 1.54) is 0 Å². The van der Waals surface area contributed by atoms with Crippen LogP contribution in [-0.2, 0) is 20.7 Å². The molecule has 0 saturated carbocycles. The van der Waals surface area contributed by atoms with Gasteiger partial charge in [0.15, 0.2) is 0 Å².